The molecule has 0 radical (unpaired) electrons. The SMILES string of the molecule is CCCOc1cccc(/C(O)=C2\C(=O)C(=O)N(c3ccc(Cl)c(Cl)c3)C2c2ccc(F)cc2)c1. The number of benzene rings is 3. The third kappa shape index (κ3) is 4.52. The predicted octanol–water partition coefficient (Wildman–Crippen LogP) is 6.55. The third-order valence-electron chi connectivity index (χ3n) is 5.39. The number of rotatable bonds is 6. The molecule has 5 nitrogen and oxygen atoms in total. The third-order valence-corrected chi connectivity index (χ3v) is 6.13. The van der Waals surface area contributed by atoms with Crippen molar-refractivity contribution in [2.24, 2.45) is 0 Å². The summed E-state index contributed by atoms with van der Waals surface area (Å²) in [6, 6.07) is 15.5. The molecule has 3 aromatic carbocycles. The largest absolute Gasteiger partial charge is 0.507 e. The number of ketones is 1. The molecule has 1 heterocycles. The highest BCUT2D eigenvalue weighted by molar-refractivity contribution is 6.52. The summed E-state index contributed by atoms with van der Waals surface area (Å²) in [6.45, 7) is 2.46. The second kappa shape index (κ2) is 9.87. The minimum Gasteiger partial charge on any atom is -0.507 e. The van der Waals surface area contributed by atoms with Crippen LogP contribution in [0.2, 0.25) is 10.0 Å². The van der Waals surface area contributed by atoms with Crippen LogP contribution in [0.1, 0.15) is 30.5 Å². The van der Waals surface area contributed by atoms with Gasteiger partial charge in [-0.2, -0.15) is 0 Å². The Hall–Kier alpha value is -3.35. The van der Waals surface area contributed by atoms with Gasteiger partial charge in [-0.05, 0) is 54.4 Å². The Bertz CT molecular complexity index is 1290. The first kappa shape index (κ1) is 23.8. The second-order valence-corrected chi connectivity index (χ2v) is 8.51. The summed E-state index contributed by atoms with van der Waals surface area (Å²) in [4.78, 5) is 27.6. The molecule has 1 atom stereocenters. The lowest BCUT2D eigenvalue weighted by atomic mass is 9.95. The molecule has 0 spiro atoms. The van der Waals surface area contributed by atoms with Gasteiger partial charge in [0.15, 0.2) is 0 Å². The van der Waals surface area contributed by atoms with Crippen molar-refractivity contribution in [3.05, 3.63) is 99.3 Å². The van der Waals surface area contributed by atoms with Gasteiger partial charge in [-0.15, -0.1) is 0 Å². The monoisotopic (exact) mass is 499 g/mol. The van der Waals surface area contributed by atoms with Gasteiger partial charge in [0.2, 0.25) is 0 Å². The lowest BCUT2D eigenvalue weighted by Crippen LogP contribution is -2.29. The first-order chi connectivity index (χ1) is 16.3. The summed E-state index contributed by atoms with van der Waals surface area (Å²) in [5.41, 5.74) is 0.930. The molecule has 0 bridgehead atoms. The molecule has 1 N–H and O–H groups in total. The van der Waals surface area contributed by atoms with Crippen LogP contribution in [0, 0.1) is 5.82 Å². The van der Waals surface area contributed by atoms with Gasteiger partial charge in [-0.3, -0.25) is 14.5 Å². The molecule has 34 heavy (non-hydrogen) atoms. The summed E-state index contributed by atoms with van der Waals surface area (Å²) >= 11 is 12.2. The normalized spacial score (nSPS) is 17.3. The number of aliphatic hydroxyl groups is 1. The maximum Gasteiger partial charge on any atom is 0.300 e. The fourth-order valence-corrected chi connectivity index (χ4v) is 4.10. The van der Waals surface area contributed by atoms with Gasteiger partial charge in [0.1, 0.15) is 17.3 Å². The number of Topliss-reactive ketones (excluding diaryl/α,β-unsaturated/α-hetero) is 1. The van der Waals surface area contributed by atoms with Gasteiger partial charge >= 0.3 is 0 Å². The van der Waals surface area contributed by atoms with Crippen LogP contribution in [-0.2, 0) is 9.59 Å². The molecule has 4 rings (SSSR count). The van der Waals surface area contributed by atoms with Gasteiger partial charge in [-0.1, -0.05) is 54.4 Å². The predicted molar refractivity (Wildman–Crippen MR) is 130 cm³/mol. The average molecular weight is 500 g/mol. The standard InChI is InChI=1S/C26H20Cl2FNO4/c1-2-12-34-19-5-3-4-16(13-19)24(31)22-23(15-6-8-17(29)9-7-15)30(26(33)25(22)32)18-10-11-20(27)21(28)14-18/h3-11,13-14,23,31H,2,12H2,1H3/b24-22+. The van der Waals surface area contributed by atoms with Crippen molar-refractivity contribution in [3.8, 4) is 5.75 Å². The van der Waals surface area contributed by atoms with E-state index in [1.807, 2.05) is 6.92 Å². The molecule has 0 aromatic heterocycles. The van der Waals surface area contributed by atoms with E-state index in [2.05, 4.69) is 0 Å². The zero-order valence-electron chi connectivity index (χ0n) is 18.1. The number of anilines is 1. The Balaban J connectivity index is 1.89. The summed E-state index contributed by atoms with van der Waals surface area (Å²) in [7, 11) is 0. The van der Waals surface area contributed by atoms with E-state index in [1.165, 1.54) is 41.3 Å². The average Bonchev–Trinajstić information content (AvgIpc) is 3.10. The lowest BCUT2D eigenvalue weighted by Gasteiger charge is -2.25. The van der Waals surface area contributed by atoms with Gasteiger partial charge in [-0.25, -0.2) is 4.39 Å². The molecular formula is C26H20Cl2FNO4. The number of hydrogen-bond donors (Lipinski definition) is 1. The van der Waals surface area contributed by atoms with Gasteiger partial charge < -0.3 is 9.84 Å². The highest BCUT2D eigenvalue weighted by Gasteiger charge is 2.47. The number of carbonyl (C=O) groups excluding carboxylic acids is 2. The zero-order chi connectivity index (χ0) is 24.4. The number of aliphatic hydroxyl groups excluding tert-OH is 1. The first-order valence-electron chi connectivity index (χ1n) is 10.6. The van der Waals surface area contributed by atoms with E-state index in [9.17, 15) is 19.1 Å². The van der Waals surface area contributed by atoms with Crippen molar-refractivity contribution in [2.45, 2.75) is 19.4 Å². The van der Waals surface area contributed by atoms with E-state index in [-0.39, 0.29) is 21.4 Å². The maximum absolute atomic E-state index is 13.7. The number of amides is 1. The Labute approximate surface area is 206 Å². The number of nitrogens with zero attached hydrogens (tertiary/aromatic N) is 1. The molecule has 1 aliphatic rings. The number of hydrogen-bond acceptors (Lipinski definition) is 4. The number of halogens is 3. The van der Waals surface area contributed by atoms with E-state index >= 15 is 0 Å². The van der Waals surface area contributed by atoms with Crippen molar-refractivity contribution >= 4 is 46.3 Å². The fraction of sp³-hybridized carbons (Fsp3) is 0.154. The van der Waals surface area contributed by atoms with E-state index in [0.29, 0.717) is 29.2 Å². The van der Waals surface area contributed by atoms with Crippen molar-refractivity contribution in [2.75, 3.05) is 11.5 Å². The molecule has 1 unspecified atom stereocenters. The fourth-order valence-electron chi connectivity index (χ4n) is 3.80. The molecular weight excluding hydrogens is 480 g/mol. The van der Waals surface area contributed by atoms with Crippen molar-refractivity contribution < 1.29 is 23.8 Å². The van der Waals surface area contributed by atoms with E-state index < -0.39 is 23.5 Å². The van der Waals surface area contributed by atoms with E-state index in [1.54, 1.807) is 30.3 Å². The minimum absolute atomic E-state index is 0.129. The zero-order valence-corrected chi connectivity index (χ0v) is 19.6. The molecule has 1 saturated heterocycles. The van der Waals surface area contributed by atoms with E-state index in [0.717, 1.165) is 6.42 Å². The maximum atomic E-state index is 13.7. The Morgan fingerprint density at radius 3 is 2.44 bits per heavy atom. The van der Waals surface area contributed by atoms with Crippen molar-refractivity contribution in [3.63, 3.8) is 0 Å². The highest BCUT2D eigenvalue weighted by Crippen LogP contribution is 2.43. The first-order valence-corrected chi connectivity index (χ1v) is 11.3. The molecule has 3 aromatic rings. The van der Waals surface area contributed by atoms with Crippen LogP contribution in [0.3, 0.4) is 0 Å². The number of carbonyl (C=O) groups is 2. The van der Waals surface area contributed by atoms with E-state index in [4.69, 9.17) is 27.9 Å². The highest BCUT2D eigenvalue weighted by atomic mass is 35.5. The topological polar surface area (TPSA) is 66.8 Å². The van der Waals surface area contributed by atoms with Crippen LogP contribution >= 0.6 is 23.2 Å². The summed E-state index contributed by atoms with van der Waals surface area (Å²) < 4.78 is 19.3. The molecule has 1 amide bonds. The van der Waals surface area contributed by atoms with Gasteiger partial charge in [0, 0.05) is 11.3 Å². The van der Waals surface area contributed by atoms with Crippen molar-refractivity contribution in [1.29, 1.82) is 0 Å². The Kier molecular flexibility index (Phi) is 6.91. The minimum atomic E-state index is -1.02. The molecule has 1 fully saturated rings. The summed E-state index contributed by atoms with van der Waals surface area (Å²) in [5, 5.41) is 11.7. The quantitative estimate of drug-likeness (QED) is 0.237. The van der Waals surface area contributed by atoms with Crippen LogP contribution in [0.4, 0.5) is 10.1 Å². The Morgan fingerprint density at radius 1 is 1.03 bits per heavy atom. The molecule has 1 aliphatic heterocycles. The summed E-state index contributed by atoms with van der Waals surface area (Å²) in [6.07, 6.45) is 0.801. The van der Waals surface area contributed by atoms with Crippen LogP contribution < -0.4 is 9.64 Å². The van der Waals surface area contributed by atoms with Gasteiger partial charge in [0.25, 0.3) is 11.7 Å². The van der Waals surface area contributed by atoms with Gasteiger partial charge in [0.05, 0.1) is 28.3 Å². The smallest absolute Gasteiger partial charge is 0.300 e. The second-order valence-electron chi connectivity index (χ2n) is 7.70. The summed E-state index contributed by atoms with van der Waals surface area (Å²) in [5.74, 6) is -2.05. The Morgan fingerprint density at radius 2 is 1.76 bits per heavy atom. The number of ether oxygens (including phenoxy) is 1. The van der Waals surface area contributed by atoms with Crippen molar-refractivity contribution in [1.82, 2.24) is 0 Å². The van der Waals surface area contributed by atoms with Crippen LogP contribution in [0.5, 0.6) is 5.75 Å². The molecule has 0 aliphatic carbocycles. The molecule has 8 heteroatoms. The van der Waals surface area contributed by atoms with Crippen LogP contribution in [0.15, 0.2) is 72.3 Å². The van der Waals surface area contributed by atoms with Crippen LogP contribution in [0.25, 0.3) is 5.76 Å². The molecule has 0 saturated carbocycles. The lowest BCUT2D eigenvalue weighted by molar-refractivity contribution is -0.132. The van der Waals surface area contributed by atoms with Crippen LogP contribution in [-0.4, -0.2) is 23.4 Å². The molecule has 174 valence electrons.